The first kappa shape index (κ1) is 17.1. The number of likely N-dealkylation sites (N-methyl/N-ethyl adjacent to an activating group) is 1. The number of carbonyl (C=O) groups is 2. The highest BCUT2D eigenvalue weighted by Gasteiger charge is 2.53. The number of thioether (sulfide) groups is 1. The molecule has 2 atom stereocenters. The summed E-state index contributed by atoms with van der Waals surface area (Å²) >= 11 is 1.67. The highest BCUT2D eigenvalue weighted by Crippen LogP contribution is 2.47. The van der Waals surface area contributed by atoms with Crippen LogP contribution in [0.15, 0.2) is 24.3 Å². The van der Waals surface area contributed by atoms with Gasteiger partial charge in [-0.1, -0.05) is 12.1 Å². The van der Waals surface area contributed by atoms with E-state index in [4.69, 9.17) is 4.74 Å². The molecular weight excluding hydrogens is 331 g/mol. The van der Waals surface area contributed by atoms with Crippen molar-refractivity contribution in [1.82, 2.24) is 9.80 Å². The minimum atomic E-state index is -0.419. The molecule has 1 aromatic carbocycles. The maximum Gasteiger partial charge on any atom is 0.246 e. The Balaban J connectivity index is 1.56. The number of hydrogen-bond acceptors (Lipinski definition) is 4. The lowest BCUT2D eigenvalue weighted by Crippen LogP contribution is -2.51. The fourth-order valence-electron chi connectivity index (χ4n) is 3.22. The second kappa shape index (κ2) is 6.63. The fraction of sp³-hybridized carbons (Fsp3) is 0.529. The van der Waals surface area contributed by atoms with E-state index in [2.05, 4.69) is 0 Å². The van der Waals surface area contributed by atoms with Gasteiger partial charge >= 0.3 is 0 Å². The number of amides is 2. The predicted octanol–water partition coefficient (Wildman–Crippen LogP) is 2.12. The minimum absolute atomic E-state index is 0.0526. The molecule has 3 rings (SSSR count). The number of ether oxygens (including phenoxy) is 1. The number of benzene rings is 1. The molecule has 0 N–H and O–H groups in total. The quantitative estimate of drug-likeness (QED) is 0.814. The lowest BCUT2D eigenvalue weighted by molar-refractivity contribution is -0.143. The maximum absolute atomic E-state index is 13.5. The SMILES string of the molecule is CN(CCOc1ccccc1F)C(=O)C1CSC2(C)CCC(=O)N12. The smallest absolute Gasteiger partial charge is 0.246 e. The average molecular weight is 352 g/mol. The van der Waals surface area contributed by atoms with Crippen LogP contribution in [0.1, 0.15) is 19.8 Å². The van der Waals surface area contributed by atoms with Crippen molar-refractivity contribution in [2.24, 2.45) is 0 Å². The molecule has 24 heavy (non-hydrogen) atoms. The predicted molar refractivity (Wildman–Crippen MR) is 90.3 cm³/mol. The summed E-state index contributed by atoms with van der Waals surface area (Å²) < 4.78 is 18.9. The van der Waals surface area contributed by atoms with Crippen molar-refractivity contribution < 1.29 is 18.7 Å². The van der Waals surface area contributed by atoms with Crippen molar-refractivity contribution in [2.75, 3.05) is 26.0 Å². The summed E-state index contributed by atoms with van der Waals surface area (Å²) in [6.07, 6.45) is 1.30. The van der Waals surface area contributed by atoms with E-state index in [1.165, 1.54) is 6.07 Å². The van der Waals surface area contributed by atoms with Crippen LogP contribution in [0.4, 0.5) is 4.39 Å². The van der Waals surface area contributed by atoms with Crippen LogP contribution in [0, 0.1) is 5.82 Å². The largest absolute Gasteiger partial charge is 0.489 e. The van der Waals surface area contributed by atoms with E-state index in [9.17, 15) is 14.0 Å². The second-order valence-electron chi connectivity index (χ2n) is 6.30. The Hall–Kier alpha value is -1.76. The van der Waals surface area contributed by atoms with Gasteiger partial charge < -0.3 is 14.5 Å². The molecule has 2 aliphatic heterocycles. The Morgan fingerprint density at radius 2 is 2.25 bits per heavy atom. The molecule has 7 heteroatoms. The highest BCUT2D eigenvalue weighted by molar-refractivity contribution is 8.01. The normalized spacial score (nSPS) is 25.7. The summed E-state index contributed by atoms with van der Waals surface area (Å²) in [5, 5.41) is 0. The molecule has 1 aromatic rings. The molecular formula is C17H21FN2O3S. The molecule has 2 amide bonds. The molecule has 0 saturated carbocycles. The fourth-order valence-corrected chi connectivity index (χ4v) is 4.65. The first-order chi connectivity index (χ1) is 11.4. The van der Waals surface area contributed by atoms with E-state index in [0.29, 0.717) is 18.7 Å². The molecule has 5 nitrogen and oxygen atoms in total. The van der Waals surface area contributed by atoms with Gasteiger partial charge in [0.1, 0.15) is 12.6 Å². The van der Waals surface area contributed by atoms with E-state index in [1.807, 2.05) is 6.92 Å². The molecule has 0 spiro atoms. The zero-order chi connectivity index (χ0) is 17.3. The molecule has 2 heterocycles. The molecule has 0 radical (unpaired) electrons. The molecule has 0 bridgehead atoms. The molecule has 2 aliphatic rings. The van der Waals surface area contributed by atoms with Crippen LogP contribution in [0.5, 0.6) is 5.75 Å². The van der Waals surface area contributed by atoms with E-state index in [-0.39, 0.29) is 29.0 Å². The van der Waals surface area contributed by atoms with Crippen LogP contribution >= 0.6 is 11.8 Å². The van der Waals surface area contributed by atoms with Gasteiger partial charge in [0.2, 0.25) is 11.8 Å². The first-order valence-electron chi connectivity index (χ1n) is 8.01. The third kappa shape index (κ3) is 3.09. The topological polar surface area (TPSA) is 49.9 Å². The molecule has 0 aromatic heterocycles. The summed E-state index contributed by atoms with van der Waals surface area (Å²) in [5.41, 5.74) is 0. The van der Waals surface area contributed by atoms with Crippen LogP contribution in [-0.4, -0.2) is 58.5 Å². The lowest BCUT2D eigenvalue weighted by atomic mass is 10.2. The van der Waals surface area contributed by atoms with Crippen molar-refractivity contribution >= 4 is 23.6 Å². The minimum Gasteiger partial charge on any atom is -0.489 e. The molecule has 2 saturated heterocycles. The van der Waals surface area contributed by atoms with Crippen molar-refractivity contribution in [1.29, 1.82) is 0 Å². The standard InChI is InChI=1S/C17H21FN2O3S/c1-17-8-7-15(21)20(17)13(11-24-17)16(22)19(2)9-10-23-14-6-4-3-5-12(14)18/h3-6,13H,7-11H2,1-2H3. The zero-order valence-electron chi connectivity index (χ0n) is 13.8. The lowest BCUT2D eigenvalue weighted by Gasteiger charge is -2.31. The van der Waals surface area contributed by atoms with E-state index >= 15 is 0 Å². The molecule has 2 unspecified atom stereocenters. The zero-order valence-corrected chi connectivity index (χ0v) is 14.6. The molecule has 130 valence electrons. The van der Waals surface area contributed by atoms with Crippen LogP contribution in [0.25, 0.3) is 0 Å². The van der Waals surface area contributed by atoms with E-state index in [0.717, 1.165) is 6.42 Å². The first-order valence-corrected chi connectivity index (χ1v) is 8.99. The Morgan fingerprint density at radius 1 is 1.50 bits per heavy atom. The summed E-state index contributed by atoms with van der Waals surface area (Å²) in [6, 6.07) is 5.77. The van der Waals surface area contributed by atoms with Gasteiger partial charge in [0.15, 0.2) is 11.6 Å². The van der Waals surface area contributed by atoms with Gasteiger partial charge in [-0.25, -0.2) is 4.39 Å². The second-order valence-corrected chi connectivity index (χ2v) is 7.81. The van der Waals surface area contributed by atoms with Crippen molar-refractivity contribution in [3.05, 3.63) is 30.1 Å². The number of nitrogens with zero attached hydrogens (tertiary/aromatic N) is 2. The Labute approximate surface area is 145 Å². The highest BCUT2D eigenvalue weighted by atomic mass is 32.2. The maximum atomic E-state index is 13.5. The third-order valence-electron chi connectivity index (χ3n) is 4.63. The number of hydrogen-bond donors (Lipinski definition) is 0. The van der Waals surface area contributed by atoms with Gasteiger partial charge in [-0.3, -0.25) is 9.59 Å². The van der Waals surface area contributed by atoms with Gasteiger partial charge in [-0.2, -0.15) is 0 Å². The van der Waals surface area contributed by atoms with Crippen molar-refractivity contribution in [3.63, 3.8) is 0 Å². The van der Waals surface area contributed by atoms with Crippen molar-refractivity contribution in [3.8, 4) is 5.75 Å². The van der Waals surface area contributed by atoms with Crippen LogP contribution in [0.3, 0.4) is 0 Å². The number of halogens is 1. The number of rotatable bonds is 5. The summed E-state index contributed by atoms with van der Waals surface area (Å²) in [4.78, 5) is 27.8. The van der Waals surface area contributed by atoms with Crippen LogP contribution < -0.4 is 4.74 Å². The monoisotopic (exact) mass is 352 g/mol. The Kier molecular flexibility index (Phi) is 4.71. The van der Waals surface area contributed by atoms with Gasteiger partial charge in [0, 0.05) is 19.2 Å². The van der Waals surface area contributed by atoms with E-state index < -0.39 is 11.9 Å². The summed E-state index contributed by atoms with van der Waals surface area (Å²) in [7, 11) is 1.69. The number of fused-ring (bicyclic) bond motifs is 1. The third-order valence-corrected chi connectivity index (χ3v) is 6.13. The summed E-state index contributed by atoms with van der Waals surface area (Å²) in [5.74, 6) is 0.351. The summed E-state index contributed by atoms with van der Waals surface area (Å²) in [6.45, 7) is 2.57. The average Bonchev–Trinajstić information content (AvgIpc) is 3.05. The van der Waals surface area contributed by atoms with Gasteiger partial charge in [0.05, 0.1) is 11.4 Å². The van der Waals surface area contributed by atoms with Gasteiger partial charge in [-0.05, 0) is 25.5 Å². The van der Waals surface area contributed by atoms with Gasteiger partial charge in [-0.15, -0.1) is 11.8 Å². The van der Waals surface area contributed by atoms with Crippen LogP contribution in [-0.2, 0) is 9.59 Å². The van der Waals surface area contributed by atoms with Gasteiger partial charge in [0.25, 0.3) is 0 Å². The number of carbonyl (C=O) groups excluding carboxylic acids is 2. The van der Waals surface area contributed by atoms with Crippen LogP contribution in [0.2, 0.25) is 0 Å². The molecule has 2 fully saturated rings. The number of para-hydroxylation sites is 1. The molecule has 0 aliphatic carbocycles. The Morgan fingerprint density at radius 3 is 3.00 bits per heavy atom. The Bertz CT molecular complexity index is 656. The van der Waals surface area contributed by atoms with Crippen molar-refractivity contribution in [2.45, 2.75) is 30.7 Å². The van der Waals surface area contributed by atoms with E-state index in [1.54, 1.807) is 46.8 Å².